The molecule has 0 bridgehead atoms. The van der Waals surface area contributed by atoms with Crippen molar-refractivity contribution in [2.24, 2.45) is 9.98 Å². The Morgan fingerprint density at radius 2 is 1.39 bits per heavy atom. The molecule has 11 nitrogen and oxygen atoms in total. The van der Waals surface area contributed by atoms with E-state index in [0.717, 1.165) is 28.9 Å². The Kier molecular flexibility index (Phi) is 17.4. The number of amidine groups is 1. The smallest absolute Gasteiger partial charge is 0.329 e. The summed E-state index contributed by atoms with van der Waals surface area (Å²) in [6.07, 6.45) is 6.97. The third-order valence-electron chi connectivity index (χ3n) is 9.03. The molecular weight excluding hydrogens is 721 g/mol. The minimum Gasteiger partial charge on any atom is -0.494 e. The van der Waals surface area contributed by atoms with Crippen molar-refractivity contribution in [3.05, 3.63) is 107 Å². The molecule has 0 saturated carbocycles. The Bertz CT molecular complexity index is 1870. The Morgan fingerprint density at radius 3 is 1.95 bits per heavy atom. The van der Waals surface area contributed by atoms with Crippen LogP contribution in [0.2, 0.25) is 0 Å². The van der Waals surface area contributed by atoms with E-state index in [-0.39, 0.29) is 11.8 Å². The maximum Gasteiger partial charge on any atom is 0.329 e. The zero-order valence-electron chi connectivity index (χ0n) is 34.8. The van der Waals surface area contributed by atoms with Crippen molar-refractivity contribution >= 4 is 41.9 Å². The van der Waals surface area contributed by atoms with Crippen LogP contribution >= 0.6 is 0 Å². The van der Waals surface area contributed by atoms with Gasteiger partial charge in [-0.1, -0.05) is 102 Å². The number of allylic oxidation sites excluding steroid dienone is 1. The van der Waals surface area contributed by atoms with Crippen LogP contribution in [0.3, 0.4) is 0 Å². The number of carbonyl (C=O) groups is 4. The topological polar surface area (TPSA) is 156 Å². The molecule has 0 radical (unpaired) electrons. The largest absolute Gasteiger partial charge is 0.494 e. The minimum atomic E-state index is -1.48. The van der Waals surface area contributed by atoms with Crippen molar-refractivity contribution in [1.82, 2.24) is 10.6 Å². The third kappa shape index (κ3) is 15.8. The average molecular weight is 781 g/mol. The molecule has 0 unspecified atom stereocenters. The number of carboxylic acid groups (broad SMARTS) is 1. The van der Waals surface area contributed by atoms with Crippen molar-refractivity contribution in [3.63, 3.8) is 0 Å². The highest BCUT2D eigenvalue weighted by Gasteiger charge is 2.32. The number of esters is 1. The second-order valence-corrected chi connectivity index (χ2v) is 16.2. The van der Waals surface area contributed by atoms with Crippen molar-refractivity contribution in [2.75, 3.05) is 6.61 Å². The molecule has 2 amide bonds. The normalized spacial score (nSPS) is 13.3. The molecule has 0 spiro atoms. The van der Waals surface area contributed by atoms with E-state index in [1.807, 2.05) is 43.3 Å². The van der Waals surface area contributed by atoms with Gasteiger partial charge < -0.3 is 25.2 Å². The highest BCUT2D eigenvalue weighted by molar-refractivity contribution is 6.02. The number of carbonyl (C=O) groups excluding carboxylic acids is 3. The number of carboxylic acids is 1. The fourth-order valence-corrected chi connectivity index (χ4v) is 5.76. The van der Waals surface area contributed by atoms with Crippen LogP contribution < -0.4 is 15.4 Å². The van der Waals surface area contributed by atoms with Gasteiger partial charge in [0.1, 0.15) is 23.4 Å². The van der Waals surface area contributed by atoms with E-state index in [0.29, 0.717) is 29.1 Å². The molecule has 0 aliphatic rings. The van der Waals surface area contributed by atoms with Gasteiger partial charge >= 0.3 is 11.9 Å². The van der Waals surface area contributed by atoms with Gasteiger partial charge in [0.15, 0.2) is 5.84 Å². The monoisotopic (exact) mass is 780 g/mol. The SMILES string of the molecule is C=N/C(=N\C=C(/C)c1ccc(OCCCCCCC)cc1)c1ccc(C[C@H](NC(=O)c2ccc(C(C)(C)C)cc2)C(=O)N[C@@H](CC(=O)O)C(=O)OC(C)(C)C)cc1. The lowest BCUT2D eigenvalue weighted by atomic mass is 9.86. The second-order valence-electron chi connectivity index (χ2n) is 16.2. The molecule has 3 N–H and O–H groups in total. The van der Waals surface area contributed by atoms with Crippen LogP contribution in [0.4, 0.5) is 0 Å². The number of nitrogens with one attached hydrogen (secondary N) is 2. The highest BCUT2D eigenvalue weighted by atomic mass is 16.6. The number of aliphatic carboxylic acids is 1. The van der Waals surface area contributed by atoms with E-state index in [1.165, 1.54) is 25.7 Å². The van der Waals surface area contributed by atoms with Crippen molar-refractivity contribution < 1.29 is 33.8 Å². The van der Waals surface area contributed by atoms with Crippen LogP contribution in [-0.4, -0.2) is 65.7 Å². The van der Waals surface area contributed by atoms with Gasteiger partial charge in [0.25, 0.3) is 5.91 Å². The van der Waals surface area contributed by atoms with E-state index in [9.17, 15) is 24.3 Å². The zero-order chi connectivity index (χ0) is 42.2. The first-order valence-corrected chi connectivity index (χ1v) is 19.6. The lowest BCUT2D eigenvalue weighted by Gasteiger charge is -2.26. The maximum absolute atomic E-state index is 13.8. The van der Waals surface area contributed by atoms with Crippen LogP contribution in [0.15, 0.2) is 89.0 Å². The molecule has 57 heavy (non-hydrogen) atoms. The summed E-state index contributed by atoms with van der Waals surface area (Å²) in [4.78, 5) is 60.6. The summed E-state index contributed by atoms with van der Waals surface area (Å²) in [5.74, 6) is -2.23. The number of rotatable bonds is 19. The zero-order valence-corrected chi connectivity index (χ0v) is 34.8. The Balaban J connectivity index is 1.80. The molecule has 0 heterocycles. The van der Waals surface area contributed by atoms with Crippen LogP contribution in [-0.2, 0) is 31.0 Å². The van der Waals surface area contributed by atoms with E-state index < -0.39 is 47.9 Å². The third-order valence-corrected chi connectivity index (χ3v) is 9.03. The first-order chi connectivity index (χ1) is 26.9. The molecule has 0 aliphatic heterocycles. The summed E-state index contributed by atoms with van der Waals surface area (Å²) in [6.45, 7) is 19.7. The molecule has 3 aromatic carbocycles. The predicted octanol–water partition coefficient (Wildman–Crippen LogP) is 8.48. The first kappa shape index (κ1) is 45.8. The van der Waals surface area contributed by atoms with Gasteiger partial charge in [-0.25, -0.2) is 14.8 Å². The van der Waals surface area contributed by atoms with Gasteiger partial charge in [0, 0.05) is 23.7 Å². The van der Waals surface area contributed by atoms with Gasteiger partial charge in [0.2, 0.25) is 5.91 Å². The van der Waals surface area contributed by atoms with E-state index in [4.69, 9.17) is 9.47 Å². The molecule has 0 aromatic heterocycles. The minimum absolute atomic E-state index is 0.0254. The molecule has 3 aromatic rings. The fraction of sp³-hybridized carbons (Fsp3) is 0.435. The van der Waals surface area contributed by atoms with Crippen LogP contribution in [0.25, 0.3) is 5.57 Å². The molecular formula is C46H60N4O7. The predicted molar refractivity (Wildman–Crippen MR) is 227 cm³/mol. The number of nitrogens with zero attached hydrogens (tertiary/aromatic N) is 2. The molecule has 0 saturated heterocycles. The van der Waals surface area contributed by atoms with Gasteiger partial charge in [-0.05, 0) is 92.8 Å². The second kappa shape index (κ2) is 21.6. The summed E-state index contributed by atoms with van der Waals surface area (Å²) in [5, 5.41) is 14.8. The average Bonchev–Trinajstić information content (AvgIpc) is 3.15. The van der Waals surface area contributed by atoms with Gasteiger partial charge in [-0.15, -0.1) is 0 Å². The number of hydrogen-bond donors (Lipinski definition) is 3. The number of hydrogen-bond acceptors (Lipinski definition) is 7. The number of amides is 2. The summed E-state index contributed by atoms with van der Waals surface area (Å²) in [6, 6.07) is 19.5. The Hall–Kier alpha value is -5.58. The molecule has 2 atom stereocenters. The van der Waals surface area contributed by atoms with Crippen molar-refractivity contribution in [1.29, 1.82) is 0 Å². The summed E-state index contributed by atoms with van der Waals surface area (Å²) in [5.41, 5.74) is 3.59. The van der Waals surface area contributed by atoms with Crippen molar-refractivity contribution in [3.8, 4) is 5.75 Å². The lowest BCUT2D eigenvalue weighted by Crippen LogP contribution is -2.53. The fourth-order valence-electron chi connectivity index (χ4n) is 5.76. The Labute approximate surface area is 338 Å². The van der Waals surface area contributed by atoms with Crippen LogP contribution in [0.5, 0.6) is 5.75 Å². The quantitative estimate of drug-likeness (QED) is 0.0477. The first-order valence-electron chi connectivity index (χ1n) is 19.6. The van der Waals surface area contributed by atoms with Gasteiger partial charge in [0.05, 0.1) is 13.0 Å². The van der Waals surface area contributed by atoms with Crippen LogP contribution in [0, 0.1) is 0 Å². The van der Waals surface area contributed by atoms with E-state index in [1.54, 1.807) is 63.4 Å². The number of unbranched alkanes of at least 4 members (excludes halogenated alkanes) is 4. The molecule has 0 aliphatic carbocycles. The number of aliphatic imine (C=N–C) groups is 2. The summed E-state index contributed by atoms with van der Waals surface area (Å²) in [7, 11) is 0. The molecule has 306 valence electrons. The number of ether oxygens (including phenoxy) is 2. The maximum atomic E-state index is 13.8. The highest BCUT2D eigenvalue weighted by Crippen LogP contribution is 2.23. The van der Waals surface area contributed by atoms with E-state index in [2.05, 4.69) is 55.0 Å². The summed E-state index contributed by atoms with van der Waals surface area (Å²) >= 11 is 0. The molecule has 11 heteroatoms. The Morgan fingerprint density at radius 1 is 0.789 bits per heavy atom. The molecule has 3 rings (SSSR count). The standard InChI is InChI=1S/C46H60N4O7/c1-10-11-12-13-14-27-56-37-25-21-33(22-26-37)31(2)30-48-41(47-9)34-17-15-32(16-18-34)28-38(49-42(53)35-19-23-36(24-20-35)45(3,4)5)43(54)50-39(29-40(51)52)44(55)57-46(6,7)8/h15-26,30,38-39H,9-14,27-29H2,1-8H3,(H,49,53)(H,50,54)(H,51,52)/b31-30+,48-41-/t38-,39-/m0/s1. The molecule has 0 fully saturated rings. The van der Waals surface area contributed by atoms with Gasteiger partial charge in [-0.3, -0.25) is 14.4 Å². The van der Waals surface area contributed by atoms with Gasteiger partial charge in [-0.2, -0.15) is 0 Å². The van der Waals surface area contributed by atoms with Crippen molar-refractivity contribution in [2.45, 2.75) is 123 Å². The lowest BCUT2D eigenvalue weighted by molar-refractivity contribution is -0.161. The van der Waals surface area contributed by atoms with E-state index >= 15 is 0 Å². The van der Waals surface area contributed by atoms with Crippen LogP contribution in [0.1, 0.15) is 127 Å². The number of benzene rings is 3. The summed E-state index contributed by atoms with van der Waals surface area (Å²) < 4.78 is 11.3.